The molecule has 1 aliphatic carbocycles. The first-order chi connectivity index (χ1) is 8.72. The van der Waals surface area contributed by atoms with Crippen LogP contribution in [0.3, 0.4) is 0 Å². The lowest BCUT2D eigenvalue weighted by atomic mass is 9.94. The standard InChI is InChI=1S/C13H26N4O.3ClH/c14-10-12(15)13(18)17-8-6-16(7-9-17)11-4-2-1-3-5-11;;;/h11-12H,1-10,14-15H2;3*1H/t12-;;;/m1.../s1. The van der Waals surface area contributed by atoms with Gasteiger partial charge in [-0.2, -0.15) is 0 Å². The van der Waals surface area contributed by atoms with Crippen LogP contribution in [0.5, 0.6) is 0 Å². The first-order valence-electron chi connectivity index (χ1n) is 7.21. The summed E-state index contributed by atoms with van der Waals surface area (Å²) < 4.78 is 0. The van der Waals surface area contributed by atoms with Crippen molar-refractivity contribution in [1.29, 1.82) is 0 Å². The lowest BCUT2D eigenvalue weighted by Crippen LogP contribution is -2.56. The van der Waals surface area contributed by atoms with Gasteiger partial charge in [0.25, 0.3) is 0 Å². The molecule has 2 aliphatic rings. The van der Waals surface area contributed by atoms with Gasteiger partial charge >= 0.3 is 0 Å². The third-order valence-electron chi connectivity index (χ3n) is 4.29. The number of nitrogens with zero attached hydrogens (tertiary/aromatic N) is 2. The topological polar surface area (TPSA) is 75.6 Å². The molecule has 0 bridgehead atoms. The van der Waals surface area contributed by atoms with E-state index < -0.39 is 6.04 Å². The Balaban J connectivity index is 0. The minimum absolute atomic E-state index is 0. The van der Waals surface area contributed by atoms with Crippen molar-refractivity contribution in [2.75, 3.05) is 32.7 Å². The third kappa shape index (κ3) is 6.47. The van der Waals surface area contributed by atoms with E-state index >= 15 is 0 Å². The summed E-state index contributed by atoms with van der Waals surface area (Å²) in [6, 6.07) is 0.227. The number of nitrogens with two attached hydrogens (primary N) is 2. The first-order valence-corrected chi connectivity index (χ1v) is 7.21. The second-order valence-electron chi connectivity index (χ2n) is 5.50. The van der Waals surface area contributed by atoms with E-state index in [0.29, 0.717) is 0 Å². The van der Waals surface area contributed by atoms with Gasteiger partial charge in [-0.15, -0.1) is 37.2 Å². The fourth-order valence-corrected chi connectivity index (χ4v) is 3.09. The molecule has 1 heterocycles. The average Bonchev–Trinajstić information content (AvgIpc) is 2.47. The third-order valence-corrected chi connectivity index (χ3v) is 4.29. The predicted molar refractivity (Wildman–Crippen MR) is 93.8 cm³/mol. The van der Waals surface area contributed by atoms with E-state index in [1.807, 2.05) is 4.90 Å². The number of carbonyl (C=O) groups excluding carboxylic acids is 1. The highest BCUT2D eigenvalue weighted by Gasteiger charge is 2.28. The van der Waals surface area contributed by atoms with Gasteiger partial charge in [0, 0.05) is 38.8 Å². The van der Waals surface area contributed by atoms with Crippen molar-refractivity contribution in [1.82, 2.24) is 9.80 Å². The lowest BCUT2D eigenvalue weighted by Gasteiger charge is -2.41. The maximum Gasteiger partial charge on any atom is 0.240 e. The van der Waals surface area contributed by atoms with Crippen molar-refractivity contribution < 1.29 is 4.79 Å². The molecule has 8 heteroatoms. The molecule has 5 nitrogen and oxygen atoms in total. The van der Waals surface area contributed by atoms with E-state index in [4.69, 9.17) is 11.5 Å². The SMILES string of the molecule is Cl.Cl.Cl.NC[C@@H](N)C(=O)N1CCN(C2CCCCC2)CC1. The van der Waals surface area contributed by atoms with E-state index in [2.05, 4.69) is 4.90 Å². The maximum atomic E-state index is 11.9. The van der Waals surface area contributed by atoms with Crippen molar-refractivity contribution in [2.45, 2.75) is 44.2 Å². The van der Waals surface area contributed by atoms with Crippen LogP contribution in [-0.4, -0.2) is 60.5 Å². The van der Waals surface area contributed by atoms with Gasteiger partial charge < -0.3 is 16.4 Å². The van der Waals surface area contributed by atoms with Gasteiger partial charge in [-0.3, -0.25) is 9.69 Å². The molecule has 1 amide bonds. The van der Waals surface area contributed by atoms with E-state index in [1.54, 1.807) is 0 Å². The molecule has 2 fully saturated rings. The molecule has 128 valence electrons. The van der Waals surface area contributed by atoms with Crippen LogP contribution < -0.4 is 11.5 Å². The summed E-state index contributed by atoms with van der Waals surface area (Å²) in [5, 5.41) is 0. The number of rotatable bonds is 3. The van der Waals surface area contributed by atoms with Gasteiger partial charge in [0.05, 0.1) is 6.04 Å². The first kappa shape index (κ1) is 23.5. The smallest absolute Gasteiger partial charge is 0.240 e. The molecule has 1 saturated heterocycles. The monoisotopic (exact) mass is 362 g/mol. The predicted octanol–water partition coefficient (Wildman–Crippen LogP) is 1.01. The van der Waals surface area contributed by atoms with E-state index in [0.717, 1.165) is 32.2 Å². The molecule has 2 rings (SSSR count). The Morgan fingerprint density at radius 2 is 1.52 bits per heavy atom. The summed E-state index contributed by atoms with van der Waals surface area (Å²) in [7, 11) is 0. The van der Waals surface area contributed by atoms with E-state index in [1.165, 1.54) is 32.1 Å². The zero-order valence-corrected chi connectivity index (χ0v) is 14.9. The molecule has 1 saturated carbocycles. The number of carbonyl (C=O) groups is 1. The molecule has 0 unspecified atom stereocenters. The fourth-order valence-electron chi connectivity index (χ4n) is 3.09. The zero-order chi connectivity index (χ0) is 13.0. The lowest BCUT2D eigenvalue weighted by molar-refractivity contribution is -0.134. The zero-order valence-electron chi connectivity index (χ0n) is 12.4. The van der Waals surface area contributed by atoms with Crippen LogP contribution in [0.25, 0.3) is 0 Å². The molecule has 0 aromatic rings. The molecule has 0 aromatic carbocycles. The van der Waals surface area contributed by atoms with Crippen LogP contribution in [-0.2, 0) is 4.79 Å². The second kappa shape index (κ2) is 11.7. The summed E-state index contributed by atoms with van der Waals surface area (Å²) in [4.78, 5) is 16.3. The summed E-state index contributed by atoms with van der Waals surface area (Å²) >= 11 is 0. The maximum absolute atomic E-state index is 11.9. The fraction of sp³-hybridized carbons (Fsp3) is 0.923. The van der Waals surface area contributed by atoms with Gasteiger partial charge in [-0.25, -0.2) is 0 Å². The van der Waals surface area contributed by atoms with Crippen LogP contribution in [0.4, 0.5) is 0 Å². The Labute approximate surface area is 146 Å². The Kier molecular flexibility index (Phi) is 13.1. The van der Waals surface area contributed by atoms with Crippen molar-refractivity contribution in [3.8, 4) is 0 Å². The number of hydrogen-bond donors (Lipinski definition) is 2. The van der Waals surface area contributed by atoms with Gasteiger partial charge in [0.1, 0.15) is 0 Å². The van der Waals surface area contributed by atoms with Crippen LogP contribution in [0.1, 0.15) is 32.1 Å². The van der Waals surface area contributed by atoms with Crippen LogP contribution >= 0.6 is 37.2 Å². The van der Waals surface area contributed by atoms with Crippen molar-refractivity contribution >= 4 is 43.1 Å². The van der Waals surface area contributed by atoms with Crippen molar-refractivity contribution in [2.24, 2.45) is 11.5 Å². The minimum Gasteiger partial charge on any atom is -0.339 e. The van der Waals surface area contributed by atoms with Crippen LogP contribution in [0.15, 0.2) is 0 Å². The summed E-state index contributed by atoms with van der Waals surface area (Å²) in [6.45, 7) is 3.84. The molecule has 0 aromatic heterocycles. The Morgan fingerprint density at radius 1 is 1.00 bits per heavy atom. The highest BCUT2D eigenvalue weighted by Crippen LogP contribution is 2.23. The highest BCUT2D eigenvalue weighted by atomic mass is 35.5. The molecule has 21 heavy (non-hydrogen) atoms. The normalized spacial score (nSPS) is 21.5. The van der Waals surface area contributed by atoms with Crippen LogP contribution in [0.2, 0.25) is 0 Å². The van der Waals surface area contributed by atoms with Gasteiger partial charge in [0.2, 0.25) is 5.91 Å². The largest absolute Gasteiger partial charge is 0.339 e. The molecular weight excluding hydrogens is 335 g/mol. The van der Waals surface area contributed by atoms with E-state index in [-0.39, 0.29) is 49.7 Å². The average molecular weight is 364 g/mol. The Hall–Kier alpha value is 0.220. The summed E-state index contributed by atoms with van der Waals surface area (Å²) in [5.41, 5.74) is 11.1. The number of piperazine rings is 1. The Morgan fingerprint density at radius 3 is 2.00 bits per heavy atom. The van der Waals surface area contributed by atoms with E-state index in [9.17, 15) is 4.79 Å². The molecule has 1 atom stereocenters. The van der Waals surface area contributed by atoms with Gasteiger partial charge in [0.15, 0.2) is 0 Å². The molecular formula is C13H29Cl3N4O. The number of halogens is 3. The van der Waals surface area contributed by atoms with Gasteiger partial charge in [-0.05, 0) is 12.8 Å². The molecule has 0 radical (unpaired) electrons. The van der Waals surface area contributed by atoms with Crippen LogP contribution in [0, 0.1) is 0 Å². The van der Waals surface area contributed by atoms with Crippen molar-refractivity contribution in [3.63, 3.8) is 0 Å². The number of amides is 1. The van der Waals surface area contributed by atoms with Gasteiger partial charge in [-0.1, -0.05) is 19.3 Å². The highest BCUT2D eigenvalue weighted by molar-refractivity contribution is 5.86. The molecule has 1 aliphatic heterocycles. The Bertz CT molecular complexity index is 283. The second-order valence-corrected chi connectivity index (χ2v) is 5.50. The molecule has 0 spiro atoms. The summed E-state index contributed by atoms with van der Waals surface area (Å²) in [5.74, 6) is 0.0146. The minimum atomic E-state index is -0.522. The molecule has 4 N–H and O–H groups in total. The number of hydrogen-bond acceptors (Lipinski definition) is 4. The quantitative estimate of drug-likeness (QED) is 0.785. The summed E-state index contributed by atoms with van der Waals surface area (Å²) in [6.07, 6.45) is 6.77. The van der Waals surface area contributed by atoms with Crippen molar-refractivity contribution in [3.05, 3.63) is 0 Å².